The number of amides is 1. The summed E-state index contributed by atoms with van der Waals surface area (Å²) in [4.78, 5) is 16.8. The summed E-state index contributed by atoms with van der Waals surface area (Å²) < 4.78 is 6.60. The number of rotatable bonds is 6. The van der Waals surface area contributed by atoms with Crippen molar-refractivity contribution >= 4 is 17.5 Å². The molecule has 0 unspecified atom stereocenters. The van der Waals surface area contributed by atoms with Crippen molar-refractivity contribution in [2.75, 3.05) is 20.3 Å². The van der Waals surface area contributed by atoms with E-state index in [1.165, 1.54) is 0 Å². The first-order valence-electron chi connectivity index (χ1n) is 8.17. The lowest BCUT2D eigenvalue weighted by Gasteiger charge is -2.10. The summed E-state index contributed by atoms with van der Waals surface area (Å²) in [5.41, 5.74) is 2.50. The lowest BCUT2D eigenvalue weighted by atomic mass is 10.2. The fourth-order valence-electron chi connectivity index (χ4n) is 2.52. The number of benzene rings is 2. The van der Waals surface area contributed by atoms with Gasteiger partial charge in [-0.15, -0.1) is 5.10 Å². The Kier molecular flexibility index (Phi) is 5.65. The number of aromatic nitrogens is 3. The molecule has 0 spiro atoms. The number of nitrogens with zero attached hydrogens (tertiary/aromatic N) is 3. The van der Waals surface area contributed by atoms with Crippen LogP contribution in [-0.4, -0.2) is 40.9 Å². The molecule has 0 atom stereocenters. The number of halogens is 1. The van der Waals surface area contributed by atoms with Crippen LogP contribution in [0.2, 0.25) is 5.02 Å². The molecule has 0 aliphatic carbocycles. The molecule has 0 radical (unpaired) electrons. The van der Waals surface area contributed by atoms with Gasteiger partial charge in [-0.1, -0.05) is 48.0 Å². The number of hydrogen-bond acceptors (Lipinski definition) is 4. The first kappa shape index (κ1) is 18.1. The van der Waals surface area contributed by atoms with Gasteiger partial charge in [0.25, 0.3) is 5.91 Å². The van der Waals surface area contributed by atoms with Crippen LogP contribution in [0.15, 0.2) is 48.5 Å². The standard InChI is InChI=1S/C19H19ClN4O2/c1-13-15(20)9-6-10-16(13)24-18(14-7-4-3-5-8-14)22-17(23-24)19(25)21-11-12-26-2/h3-10H,11-12H2,1-2H3,(H,21,25). The highest BCUT2D eigenvalue weighted by molar-refractivity contribution is 6.31. The smallest absolute Gasteiger partial charge is 0.291 e. The zero-order valence-electron chi connectivity index (χ0n) is 14.6. The van der Waals surface area contributed by atoms with Gasteiger partial charge in [0.2, 0.25) is 5.82 Å². The van der Waals surface area contributed by atoms with E-state index in [1.54, 1.807) is 11.8 Å². The quantitative estimate of drug-likeness (QED) is 0.676. The SMILES string of the molecule is COCCNC(=O)c1nc(-c2ccccc2)n(-c2cccc(Cl)c2C)n1. The van der Waals surface area contributed by atoms with Crippen LogP contribution in [0, 0.1) is 6.92 Å². The van der Waals surface area contributed by atoms with Gasteiger partial charge in [0.1, 0.15) is 0 Å². The van der Waals surface area contributed by atoms with E-state index in [0.29, 0.717) is 24.0 Å². The van der Waals surface area contributed by atoms with Crippen molar-refractivity contribution in [2.24, 2.45) is 0 Å². The van der Waals surface area contributed by atoms with Gasteiger partial charge in [-0.25, -0.2) is 9.67 Å². The third kappa shape index (κ3) is 3.76. The van der Waals surface area contributed by atoms with Gasteiger partial charge in [-0.3, -0.25) is 4.79 Å². The van der Waals surface area contributed by atoms with Gasteiger partial charge in [-0.05, 0) is 24.6 Å². The number of hydrogen-bond donors (Lipinski definition) is 1. The predicted molar refractivity (Wildman–Crippen MR) is 101 cm³/mol. The minimum absolute atomic E-state index is 0.0966. The summed E-state index contributed by atoms with van der Waals surface area (Å²) in [6.45, 7) is 2.72. The Hall–Kier alpha value is -2.70. The molecule has 3 aromatic rings. The van der Waals surface area contributed by atoms with Crippen molar-refractivity contribution in [3.63, 3.8) is 0 Å². The van der Waals surface area contributed by atoms with Crippen molar-refractivity contribution < 1.29 is 9.53 Å². The summed E-state index contributed by atoms with van der Waals surface area (Å²) in [6.07, 6.45) is 0. The Labute approximate surface area is 156 Å². The third-order valence-electron chi connectivity index (χ3n) is 3.90. The Morgan fingerprint density at radius 1 is 1.19 bits per heavy atom. The highest BCUT2D eigenvalue weighted by atomic mass is 35.5. The summed E-state index contributed by atoms with van der Waals surface area (Å²) in [6, 6.07) is 15.2. The van der Waals surface area contributed by atoms with Crippen molar-refractivity contribution in [3.8, 4) is 17.1 Å². The Morgan fingerprint density at radius 3 is 2.69 bits per heavy atom. The zero-order valence-corrected chi connectivity index (χ0v) is 15.3. The van der Waals surface area contributed by atoms with Gasteiger partial charge in [0.05, 0.1) is 12.3 Å². The third-order valence-corrected chi connectivity index (χ3v) is 4.31. The van der Waals surface area contributed by atoms with Crippen LogP contribution >= 0.6 is 11.6 Å². The van der Waals surface area contributed by atoms with E-state index in [9.17, 15) is 4.79 Å². The fourth-order valence-corrected chi connectivity index (χ4v) is 2.69. The molecule has 0 fully saturated rings. The molecular weight excluding hydrogens is 352 g/mol. The molecular formula is C19H19ClN4O2. The van der Waals surface area contributed by atoms with Crippen molar-refractivity contribution in [1.29, 1.82) is 0 Å². The second kappa shape index (κ2) is 8.12. The van der Waals surface area contributed by atoms with Crippen LogP contribution < -0.4 is 5.32 Å². The Balaban J connectivity index is 2.07. The first-order chi connectivity index (χ1) is 12.6. The Morgan fingerprint density at radius 2 is 1.96 bits per heavy atom. The maximum absolute atomic E-state index is 12.4. The molecule has 134 valence electrons. The normalized spacial score (nSPS) is 10.7. The molecule has 1 aromatic heterocycles. The summed E-state index contributed by atoms with van der Waals surface area (Å²) in [5, 5.41) is 7.80. The lowest BCUT2D eigenvalue weighted by Crippen LogP contribution is -2.28. The first-order valence-corrected chi connectivity index (χ1v) is 8.54. The number of nitrogens with one attached hydrogen (secondary N) is 1. The van der Waals surface area contributed by atoms with Crippen molar-refractivity contribution in [3.05, 3.63) is 64.9 Å². The number of carbonyl (C=O) groups excluding carboxylic acids is 1. The molecule has 0 bridgehead atoms. The molecule has 26 heavy (non-hydrogen) atoms. The van der Waals surface area contributed by atoms with Gasteiger partial charge < -0.3 is 10.1 Å². The van der Waals surface area contributed by atoms with E-state index < -0.39 is 0 Å². The summed E-state index contributed by atoms with van der Waals surface area (Å²) in [7, 11) is 1.58. The molecule has 1 heterocycles. The Bertz CT molecular complexity index is 909. The van der Waals surface area contributed by atoms with E-state index in [1.807, 2.05) is 55.5 Å². The molecule has 0 saturated heterocycles. The van der Waals surface area contributed by atoms with Crippen LogP contribution in [0.3, 0.4) is 0 Å². The van der Waals surface area contributed by atoms with E-state index in [0.717, 1.165) is 16.8 Å². The van der Waals surface area contributed by atoms with Crippen LogP contribution in [0.25, 0.3) is 17.1 Å². The molecule has 1 N–H and O–H groups in total. The molecule has 2 aromatic carbocycles. The van der Waals surface area contributed by atoms with E-state index in [4.69, 9.17) is 16.3 Å². The minimum Gasteiger partial charge on any atom is -0.383 e. The van der Waals surface area contributed by atoms with Crippen molar-refractivity contribution in [2.45, 2.75) is 6.92 Å². The predicted octanol–water partition coefficient (Wildman–Crippen LogP) is 3.27. The number of ether oxygens (including phenoxy) is 1. The monoisotopic (exact) mass is 370 g/mol. The van der Waals surface area contributed by atoms with Crippen LogP contribution in [0.5, 0.6) is 0 Å². The van der Waals surface area contributed by atoms with Gasteiger partial charge in [-0.2, -0.15) is 0 Å². The highest BCUT2D eigenvalue weighted by Gasteiger charge is 2.19. The summed E-state index contributed by atoms with van der Waals surface area (Å²) >= 11 is 6.26. The maximum Gasteiger partial charge on any atom is 0.291 e. The van der Waals surface area contributed by atoms with Gasteiger partial charge >= 0.3 is 0 Å². The van der Waals surface area contributed by atoms with Crippen LogP contribution in [0.1, 0.15) is 16.2 Å². The highest BCUT2D eigenvalue weighted by Crippen LogP contribution is 2.26. The molecule has 1 amide bonds. The van der Waals surface area contributed by atoms with Crippen LogP contribution in [0.4, 0.5) is 0 Å². The van der Waals surface area contributed by atoms with E-state index in [-0.39, 0.29) is 11.7 Å². The zero-order chi connectivity index (χ0) is 18.5. The lowest BCUT2D eigenvalue weighted by molar-refractivity contribution is 0.0927. The number of methoxy groups -OCH3 is 1. The van der Waals surface area contributed by atoms with E-state index in [2.05, 4.69) is 15.4 Å². The molecule has 0 aliphatic heterocycles. The largest absolute Gasteiger partial charge is 0.383 e. The number of carbonyl (C=O) groups is 1. The minimum atomic E-state index is -0.349. The van der Waals surface area contributed by atoms with Gasteiger partial charge in [0.15, 0.2) is 5.82 Å². The average Bonchev–Trinajstić information content (AvgIpc) is 3.10. The fraction of sp³-hybridized carbons (Fsp3) is 0.211. The van der Waals surface area contributed by atoms with E-state index >= 15 is 0 Å². The maximum atomic E-state index is 12.4. The molecule has 7 heteroatoms. The average molecular weight is 371 g/mol. The molecule has 0 aliphatic rings. The topological polar surface area (TPSA) is 69.0 Å². The molecule has 3 rings (SSSR count). The molecule has 6 nitrogen and oxygen atoms in total. The summed E-state index contributed by atoms with van der Waals surface area (Å²) in [5.74, 6) is 0.324. The van der Waals surface area contributed by atoms with Crippen molar-refractivity contribution in [1.82, 2.24) is 20.1 Å². The van der Waals surface area contributed by atoms with Crippen LogP contribution in [-0.2, 0) is 4.74 Å². The second-order valence-corrected chi connectivity index (χ2v) is 6.08. The second-order valence-electron chi connectivity index (χ2n) is 5.67. The van der Waals surface area contributed by atoms with Gasteiger partial charge in [0, 0.05) is 24.2 Å². The molecule has 0 saturated carbocycles.